The van der Waals surface area contributed by atoms with Crippen molar-refractivity contribution in [3.63, 3.8) is 0 Å². The number of ether oxygens (including phenoxy) is 1. The normalized spacial score (nSPS) is 26.9. The number of benzene rings is 1. The van der Waals surface area contributed by atoms with Gasteiger partial charge in [-0.15, -0.1) is 0 Å². The number of fused-ring (bicyclic) bond motifs is 1. The first kappa shape index (κ1) is 13.4. The minimum Gasteiger partial charge on any atom is -0.441 e. The molecule has 0 aliphatic carbocycles. The third kappa shape index (κ3) is 2.80. The van der Waals surface area contributed by atoms with Gasteiger partial charge in [-0.2, -0.15) is 0 Å². The Labute approximate surface area is 119 Å². The lowest BCUT2D eigenvalue weighted by Crippen LogP contribution is -2.36. The van der Waals surface area contributed by atoms with E-state index in [0.717, 1.165) is 41.9 Å². The van der Waals surface area contributed by atoms with Crippen molar-refractivity contribution in [3.05, 3.63) is 24.1 Å². The maximum Gasteiger partial charge on any atom is 0.195 e. The Bertz CT molecular complexity index is 583. The van der Waals surface area contributed by atoms with Gasteiger partial charge >= 0.3 is 0 Å². The van der Waals surface area contributed by atoms with E-state index in [0.29, 0.717) is 18.2 Å². The Morgan fingerprint density at radius 3 is 2.70 bits per heavy atom. The monoisotopic (exact) mass is 274 g/mol. The average molecular weight is 274 g/mol. The quantitative estimate of drug-likeness (QED) is 0.925. The summed E-state index contributed by atoms with van der Waals surface area (Å²) in [5.74, 6) is 0.797. The largest absolute Gasteiger partial charge is 0.441 e. The third-order valence-electron chi connectivity index (χ3n) is 3.80. The van der Waals surface area contributed by atoms with E-state index in [2.05, 4.69) is 43.2 Å². The van der Waals surface area contributed by atoms with E-state index in [1.807, 2.05) is 6.07 Å². The lowest BCUT2D eigenvalue weighted by Gasteiger charge is -2.33. The molecule has 108 valence electrons. The molecule has 1 aromatic heterocycles. The van der Waals surface area contributed by atoms with Crippen LogP contribution in [0, 0.1) is 0 Å². The first-order valence-corrected chi connectivity index (χ1v) is 7.45. The number of anilines is 1. The molecule has 1 fully saturated rings. The van der Waals surface area contributed by atoms with Crippen LogP contribution >= 0.6 is 0 Å². The smallest absolute Gasteiger partial charge is 0.195 e. The highest BCUT2D eigenvalue weighted by atomic mass is 16.5. The first-order valence-electron chi connectivity index (χ1n) is 7.45. The van der Waals surface area contributed by atoms with Gasteiger partial charge in [0.05, 0.1) is 12.2 Å². The minimum absolute atomic E-state index is 0.318. The highest BCUT2D eigenvalue weighted by molar-refractivity contribution is 5.77. The van der Waals surface area contributed by atoms with Crippen molar-refractivity contribution < 1.29 is 9.15 Å². The van der Waals surface area contributed by atoms with Gasteiger partial charge in [0.25, 0.3) is 0 Å². The SMILES string of the molecule is CCc1nc2cc(NC3CC(C)OC(C)C3)ccc2o1. The molecule has 2 aromatic rings. The number of hydrogen-bond acceptors (Lipinski definition) is 4. The van der Waals surface area contributed by atoms with E-state index in [1.165, 1.54) is 0 Å². The Hall–Kier alpha value is -1.55. The molecule has 2 atom stereocenters. The first-order chi connectivity index (χ1) is 9.64. The van der Waals surface area contributed by atoms with Crippen molar-refractivity contribution in [2.45, 2.75) is 58.3 Å². The molecule has 4 heteroatoms. The summed E-state index contributed by atoms with van der Waals surface area (Å²) in [6.45, 7) is 6.33. The van der Waals surface area contributed by atoms with Crippen LogP contribution < -0.4 is 5.32 Å². The van der Waals surface area contributed by atoms with Crippen LogP contribution in [0.25, 0.3) is 11.1 Å². The summed E-state index contributed by atoms with van der Waals surface area (Å²) in [4.78, 5) is 4.48. The highest BCUT2D eigenvalue weighted by Gasteiger charge is 2.24. The van der Waals surface area contributed by atoms with Crippen LogP contribution in [-0.4, -0.2) is 23.2 Å². The minimum atomic E-state index is 0.318. The van der Waals surface area contributed by atoms with Crippen molar-refractivity contribution >= 4 is 16.8 Å². The predicted octanol–water partition coefficient (Wildman–Crippen LogP) is 3.76. The number of nitrogens with zero attached hydrogens (tertiary/aromatic N) is 1. The summed E-state index contributed by atoms with van der Waals surface area (Å²) in [6, 6.07) is 6.60. The Morgan fingerprint density at radius 2 is 2.00 bits per heavy atom. The standard InChI is InChI=1S/C16H22N2O2/c1-4-16-18-14-9-12(5-6-15(14)20-16)17-13-7-10(2)19-11(3)8-13/h5-6,9-11,13,17H,4,7-8H2,1-3H3. The summed E-state index contributed by atoms with van der Waals surface area (Å²) in [5.41, 5.74) is 2.90. The molecule has 0 amide bonds. The fourth-order valence-electron chi connectivity index (χ4n) is 2.97. The van der Waals surface area contributed by atoms with E-state index in [1.54, 1.807) is 0 Å². The van der Waals surface area contributed by atoms with Gasteiger partial charge in [0, 0.05) is 18.2 Å². The van der Waals surface area contributed by atoms with E-state index >= 15 is 0 Å². The van der Waals surface area contributed by atoms with Gasteiger partial charge in [0.1, 0.15) is 5.52 Å². The number of nitrogens with one attached hydrogen (secondary N) is 1. The third-order valence-corrected chi connectivity index (χ3v) is 3.80. The Balaban J connectivity index is 1.76. The van der Waals surface area contributed by atoms with Crippen molar-refractivity contribution in [1.82, 2.24) is 4.98 Å². The van der Waals surface area contributed by atoms with E-state index < -0.39 is 0 Å². The molecule has 20 heavy (non-hydrogen) atoms. The maximum absolute atomic E-state index is 5.77. The van der Waals surface area contributed by atoms with Gasteiger partial charge in [-0.25, -0.2) is 4.98 Å². The zero-order valence-electron chi connectivity index (χ0n) is 12.3. The number of aryl methyl sites for hydroxylation is 1. The Kier molecular flexibility index (Phi) is 3.66. The van der Waals surface area contributed by atoms with Crippen molar-refractivity contribution in [1.29, 1.82) is 0 Å². The zero-order chi connectivity index (χ0) is 14.1. The average Bonchev–Trinajstić information content (AvgIpc) is 2.79. The summed E-state index contributed by atoms with van der Waals surface area (Å²) in [7, 11) is 0. The van der Waals surface area contributed by atoms with Gasteiger partial charge in [0.15, 0.2) is 11.5 Å². The molecule has 2 unspecified atom stereocenters. The summed E-state index contributed by atoms with van der Waals surface area (Å²) in [5, 5.41) is 3.60. The molecule has 1 N–H and O–H groups in total. The van der Waals surface area contributed by atoms with Crippen molar-refractivity contribution in [2.24, 2.45) is 0 Å². The molecular formula is C16H22N2O2. The molecule has 0 saturated carbocycles. The van der Waals surface area contributed by atoms with Crippen LogP contribution in [0.2, 0.25) is 0 Å². The topological polar surface area (TPSA) is 47.3 Å². The fraction of sp³-hybridized carbons (Fsp3) is 0.562. The molecule has 3 rings (SSSR count). The molecule has 2 heterocycles. The molecular weight excluding hydrogens is 252 g/mol. The maximum atomic E-state index is 5.77. The molecule has 1 saturated heterocycles. The summed E-state index contributed by atoms with van der Waals surface area (Å²) in [6.07, 6.45) is 3.55. The van der Waals surface area contributed by atoms with Gasteiger partial charge in [0.2, 0.25) is 0 Å². The number of rotatable bonds is 3. The lowest BCUT2D eigenvalue weighted by atomic mass is 9.99. The predicted molar refractivity (Wildman–Crippen MR) is 80.0 cm³/mol. The van der Waals surface area contributed by atoms with Gasteiger partial charge < -0.3 is 14.5 Å². The van der Waals surface area contributed by atoms with Crippen LogP contribution in [0.3, 0.4) is 0 Å². The molecule has 1 aliphatic heterocycles. The van der Waals surface area contributed by atoms with Crippen molar-refractivity contribution in [2.75, 3.05) is 5.32 Å². The molecule has 1 aliphatic rings. The molecule has 1 aromatic carbocycles. The lowest BCUT2D eigenvalue weighted by molar-refractivity contribution is -0.0337. The number of hydrogen-bond donors (Lipinski definition) is 1. The number of aromatic nitrogens is 1. The van der Waals surface area contributed by atoms with Crippen LogP contribution in [0.5, 0.6) is 0 Å². The van der Waals surface area contributed by atoms with E-state index in [4.69, 9.17) is 9.15 Å². The molecule has 0 spiro atoms. The molecule has 0 bridgehead atoms. The summed E-state index contributed by atoms with van der Waals surface area (Å²) < 4.78 is 11.4. The second-order valence-corrected chi connectivity index (χ2v) is 5.71. The second kappa shape index (κ2) is 5.44. The van der Waals surface area contributed by atoms with Gasteiger partial charge in [-0.05, 0) is 44.9 Å². The van der Waals surface area contributed by atoms with Crippen LogP contribution in [-0.2, 0) is 11.2 Å². The molecule has 0 radical (unpaired) electrons. The van der Waals surface area contributed by atoms with E-state index in [9.17, 15) is 0 Å². The zero-order valence-corrected chi connectivity index (χ0v) is 12.3. The Morgan fingerprint density at radius 1 is 1.25 bits per heavy atom. The van der Waals surface area contributed by atoms with E-state index in [-0.39, 0.29) is 0 Å². The van der Waals surface area contributed by atoms with Crippen LogP contribution in [0.4, 0.5) is 5.69 Å². The summed E-state index contributed by atoms with van der Waals surface area (Å²) >= 11 is 0. The fourth-order valence-corrected chi connectivity index (χ4v) is 2.97. The second-order valence-electron chi connectivity index (χ2n) is 5.71. The van der Waals surface area contributed by atoms with Gasteiger partial charge in [-0.1, -0.05) is 6.92 Å². The van der Waals surface area contributed by atoms with Gasteiger partial charge in [-0.3, -0.25) is 0 Å². The highest BCUT2D eigenvalue weighted by Crippen LogP contribution is 2.25. The van der Waals surface area contributed by atoms with Crippen LogP contribution in [0.15, 0.2) is 22.6 Å². The van der Waals surface area contributed by atoms with Crippen molar-refractivity contribution in [3.8, 4) is 0 Å². The number of oxazole rings is 1. The van der Waals surface area contributed by atoms with Crippen LogP contribution in [0.1, 0.15) is 39.5 Å². The molecule has 4 nitrogen and oxygen atoms in total.